The predicted molar refractivity (Wildman–Crippen MR) is 358 cm³/mol. The summed E-state index contributed by atoms with van der Waals surface area (Å²) in [7, 11) is 0. The Bertz CT molecular complexity index is 1240. The number of carbonyl (C=O) groups is 3. The van der Waals surface area contributed by atoms with Crippen molar-refractivity contribution in [1.82, 2.24) is 0 Å². The molecular formula is C76H148O6. The minimum atomic E-state index is -0.763. The number of carbonyl (C=O) groups excluding carboxylic acids is 3. The monoisotopic (exact) mass is 1160 g/mol. The van der Waals surface area contributed by atoms with Gasteiger partial charge < -0.3 is 14.2 Å². The van der Waals surface area contributed by atoms with Crippen molar-refractivity contribution in [1.29, 1.82) is 0 Å². The van der Waals surface area contributed by atoms with E-state index in [1.807, 2.05) is 0 Å². The minimum Gasteiger partial charge on any atom is -0.462 e. The van der Waals surface area contributed by atoms with Crippen LogP contribution in [0.25, 0.3) is 0 Å². The molecule has 0 aliphatic carbocycles. The first kappa shape index (κ1) is 80.4. The summed E-state index contributed by atoms with van der Waals surface area (Å²) >= 11 is 0. The number of hydrogen-bond acceptors (Lipinski definition) is 6. The van der Waals surface area contributed by atoms with Crippen molar-refractivity contribution in [2.45, 2.75) is 457 Å². The van der Waals surface area contributed by atoms with Gasteiger partial charge in [0.15, 0.2) is 6.10 Å². The highest BCUT2D eigenvalue weighted by molar-refractivity contribution is 5.71. The van der Waals surface area contributed by atoms with Crippen LogP contribution >= 0.6 is 0 Å². The molecule has 1 unspecified atom stereocenters. The zero-order chi connectivity index (χ0) is 59.2. The molecule has 0 aliphatic heterocycles. The molecular weight excluding hydrogens is 1010 g/mol. The molecule has 1 atom stereocenters. The van der Waals surface area contributed by atoms with E-state index in [0.717, 1.165) is 57.8 Å². The molecule has 0 N–H and O–H groups in total. The molecule has 6 heteroatoms. The fourth-order valence-electron chi connectivity index (χ4n) is 12.2. The fourth-order valence-corrected chi connectivity index (χ4v) is 12.2. The van der Waals surface area contributed by atoms with E-state index < -0.39 is 6.10 Å². The fraction of sp³-hybridized carbons (Fsp3) is 0.961. The van der Waals surface area contributed by atoms with Gasteiger partial charge >= 0.3 is 17.9 Å². The van der Waals surface area contributed by atoms with Gasteiger partial charge in [0.1, 0.15) is 13.2 Å². The molecule has 0 aromatic carbocycles. The van der Waals surface area contributed by atoms with Crippen molar-refractivity contribution in [2.24, 2.45) is 0 Å². The first-order valence-electron chi connectivity index (χ1n) is 38.0. The van der Waals surface area contributed by atoms with Gasteiger partial charge in [0.05, 0.1) is 0 Å². The van der Waals surface area contributed by atoms with Gasteiger partial charge in [0, 0.05) is 19.3 Å². The van der Waals surface area contributed by atoms with Crippen LogP contribution in [0.2, 0.25) is 0 Å². The van der Waals surface area contributed by atoms with Crippen molar-refractivity contribution < 1.29 is 28.6 Å². The van der Waals surface area contributed by atoms with Crippen LogP contribution in [-0.4, -0.2) is 37.2 Å². The van der Waals surface area contributed by atoms with Gasteiger partial charge in [-0.25, -0.2) is 0 Å². The van der Waals surface area contributed by atoms with E-state index in [4.69, 9.17) is 14.2 Å². The highest BCUT2D eigenvalue weighted by Gasteiger charge is 2.20. The summed E-state index contributed by atoms with van der Waals surface area (Å²) in [5.74, 6) is -0.821. The zero-order valence-corrected chi connectivity index (χ0v) is 56.3. The molecule has 0 saturated heterocycles. The number of esters is 3. The Morgan fingerprint density at radius 2 is 0.329 bits per heavy atom. The number of unbranched alkanes of at least 4 members (excludes halogenated alkanes) is 61. The van der Waals surface area contributed by atoms with Crippen LogP contribution in [0.4, 0.5) is 0 Å². The van der Waals surface area contributed by atoms with E-state index in [1.165, 1.54) is 353 Å². The second-order valence-electron chi connectivity index (χ2n) is 26.3. The Morgan fingerprint density at radius 1 is 0.195 bits per heavy atom. The Morgan fingerprint density at radius 3 is 0.488 bits per heavy atom. The third kappa shape index (κ3) is 69.2. The first-order chi connectivity index (χ1) is 40.5. The molecule has 0 spiro atoms. The quantitative estimate of drug-likeness (QED) is 0.0343. The van der Waals surface area contributed by atoms with Crippen LogP contribution in [0, 0.1) is 0 Å². The number of rotatable bonds is 72. The van der Waals surface area contributed by atoms with Crippen molar-refractivity contribution in [2.75, 3.05) is 13.2 Å². The molecule has 0 radical (unpaired) electrons. The first-order valence-corrected chi connectivity index (χ1v) is 38.0. The molecule has 0 heterocycles. The molecule has 82 heavy (non-hydrogen) atoms. The van der Waals surface area contributed by atoms with Crippen molar-refractivity contribution in [3.05, 3.63) is 0 Å². The van der Waals surface area contributed by atoms with Gasteiger partial charge in [-0.2, -0.15) is 0 Å². The lowest BCUT2D eigenvalue weighted by atomic mass is 10.0. The highest BCUT2D eigenvalue weighted by atomic mass is 16.6. The van der Waals surface area contributed by atoms with E-state index in [-0.39, 0.29) is 31.1 Å². The summed E-state index contributed by atoms with van der Waals surface area (Å²) in [4.78, 5) is 38.4. The molecule has 0 aromatic rings. The molecule has 0 rings (SSSR count). The lowest BCUT2D eigenvalue weighted by molar-refractivity contribution is -0.167. The average Bonchev–Trinajstić information content (AvgIpc) is 3.47. The van der Waals surface area contributed by atoms with Gasteiger partial charge in [-0.3, -0.25) is 14.4 Å². The Balaban J connectivity index is 4.00. The zero-order valence-electron chi connectivity index (χ0n) is 56.3. The normalized spacial score (nSPS) is 11.9. The largest absolute Gasteiger partial charge is 0.462 e. The molecule has 0 aliphatic rings. The third-order valence-corrected chi connectivity index (χ3v) is 17.9. The van der Waals surface area contributed by atoms with E-state index >= 15 is 0 Å². The molecule has 0 fully saturated rings. The predicted octanol–water partition coefficient (Wildman–Crippen LogP) is 26.2. The maximum Gasteiger partial charge on any atom is 0.306 e. The summed E-state index contributed by atoms with van der Waals surface area (Å²) in [6.45, 7) is 6.74. The SMILES string of the molecule is CCCCCCCCCCCCCCCCCCCCCCCCCCCCCCCCCCCCCC(=O)OCC(COC(=O)CCCCCCCCCCCCCC)OC(=O)CCCCCCCCCCCCCCCCCCC. The summed E-state index contributed by atoms with van der Waals surface area (Å²) in [5.41, 5.74) is 0. The van der Waals surface area contributed by atoms with E-state index in [2.05, 4.69) is 20.8 Å². The average molecular weight is 1160 g/mol. The highest BCUT2D eigenvalue weighted by Crippen LogP contribution is 2.20. The maximum absolute atomic E-state index is 12.9. The summed E-state index contributed by atoms with van der Waals surface area (Å²) in [6.07, 6.45) is 86.0. The van der Waals surface area contributed by atoms with Crippen LogP contribution in [0.3, 0.4) is 0 Å². The second kappa shape index (κ2) is 71.9. The van der Waals surface area contributed by atoms with Gasteiger partial charge in [-0.15, -0.1) is 0 Å². The van der Waals surface area contributed by atoms with Crippen LogP contribution < -0.4 is 0 Å². The van der Waals surface area contributed by atoms with Crippen molar-refractivity contribution in [3.63, 3.8) is 0 Å². The van der Waals surface area contributed by atoms with Gasteiger partial charge in [-0.1, -0.05) is 412 Å². The molecule has 6 nitrogen and oxygen atoms in total. The Hall–Kier alpha value is -1.59. The standard InChI is InChI=1S/C76H148O6/c1-4-7-10-13-16-19-22-25-27-29-30-31-32-33-34-35-36-37-38-39-40-41-42-43-44-45-46-48-49-51-54-57-60-63-66-69-75(78)81-72-73(71-80-74(77)68-65-62-59-56-53-24-21-18-15-12-9-6-3)82-76(79)70-67-64-61-58-55-52-50-47-28-26-23-20-17-14-11-8-5-2/h73H,4-72H2,1-3H3. The number of hydrogen-bond donors (Lipinski definition) is 0. The maximum atomic E-state index is 12.9. The number of ether oxygens (including phenoxy) is 3. The van der Waals surface area contributed by atoms with Crippen molar-refractivity contribution >= 4 is 17.9 Å². The van der Waals surface area contributed by atoms with Gasteiger partial charge in [0.2, 0.25) is 0 Å². The summed E-state index contributed by atoms with van der Waals surface area (Å²) in [5, 5.41) is 0. The molecule has 0 aromatic heterocycles. The van der Waals surface area contributed by atoms with Crippen LogP contribution in [0.1, 0.15) is 451 Å². The smallest absolute Gasteiger partial charge is 0.306 e. The lowest BCUT2D eigenvalue weighted by Gasteiger charge is -2.18. The molecule has 0 saturated carbocycles. The van der Waals surface area contributed by atoms with E-state index in [0.29, 0.717) is 19.3 Å². The summed E-state index contributed by atoms with van der Waals surface area (Å²) < 4.78 is 17.0. The molecule has 0 bridgehead atoms. The van der Waals surface area contributed by atoms with Gasteiger partial charge in [-0.05, 0) is 19.3 Å². The Labute approximate surface area is 514 Å². The van der Waals surface area contributed by atoms with E-state index in [1.54, 1.807) is 0 Å². The summed E-state index contributed by atoms with van der Waals surface area (Å²) in [6, 6.07) is 0. The topological polar surface area (TPSA) is 78.9 Å². The van der Waals surface area contributed by atoms with Gasteiger partial charge in [0.25, 0.3) is 0 Å². The molecule has 488 valence electrons. The van der Waals surface area contributed by atoms with Crippen LogP contribution in [0.15, 0.2) is 0 Å². The third-order valence-electron chi connectivity index (χ3n) is 17.9. The second-order valence-corrected chi connectivity index (χ2v) is 26.3. The molecule has 0 amide bonds. The minimum absolute atomic E-state index is 0.0603. The van der Waals surface area contributed by atoms with Crippen molar-refractivity contribution in [3.8, 4) is 0 Å². The van der Waals surface area contributed by atoms with Crippen LogP contribution in [-0.2, 0) is 28.6 Å². The Kier molecular flexibility index (Phi) is 70.5. The van der Waals surface area contributed by atoms with Crippen LogP contribution in [0.5, 0.6) is 0 Å². The lowest BCUT2D eigenvalue weighted by Crippen LogP contribution is -2.30. The van der Waals surface area contributed by atoms with E-state index in [9.17, 15) is 14.4 Å².